The molecular formula is C7H14N2O6S. The lowest BCUT2D eigenvalue weighted by molar-refractivity contribution is -0.137. The molecule has 0 saturated heterocycles. The first-order valence-corrected chi connectivity index (χ1v) is 5.62. The van der Waals surface area contributed by atoms with Crippen molar-refractivity contribution in [2.75, 3.05) is 20.3 Å². The van der Waals surface area contributed by atoms with Gasteiger partial charge in [-0.15, -0.1) is 0 Å². The summed E-state index contributed by atoms with van der Waals surface area (Å²) in [5.74, 6) is -0.743. The summed E-state index contributed by atoms with van der Waals surface area (Å²) in [5, 5.41) is 8.38. The van der Waals surface area contributed by atoms with Gasteiger partial charge in [-0.25, -0.2) is 0 Å². The highest BCUT2D eigenvalue weighted by Crippen LogP contribution is 2.03. The van der Waals surface area contributed by atoms with E-state index in [-0.39, 0.29) is 6.42 Å². The van der Waals surface area contributed by atoms with Crippen LogP contribution in [0.1, 0.15) is 6.42 Å². The molecule has 0 unspecified atom stereocenters. The van der Waals surface area contributed by atoms with E-state index in [4.69, 9.17) is 22.6 Å². The Balaban J connectivity index is 0.000000385. The van der Waals surface area contributed by atoms with Crippen LogP contribution in [0, 0.1) is 0 Å². The molecular weight excluding hydrogens is 240 g/mol. The molecule has 0 aromatic heterocycles. The average Bonchev–Trinajstić information content (AvgIpc) is 2.44. The van der Waals surface area contributed by atoms with E-state index in [1.165, 1.54) is 0 Å². The summed E-state index contributed by atoms with van der Waals surface area (Å²) in [7, 11) is -2.71. The SMILES string of the molecule is CN1C=CN(CCC(=O)O)C1.O=S(=O)(O)O. The Hall–Kier alpha value is -1.32. The van der Waals surface area contributed by atoms with Gasteiger partial charge in [-0.2, -0.15) is 8.42 Å². The third kappa shape index (κ3) is 10.8. The van der Waals surface area contributed by atoms with Crippen LogP contribution < -0.4 is 0 Å². The van der Waals surface area contributed by atoms with Crippen LogP contribution in [-0.2, 0) is 15.2 Å². The van der Waals surface area contributed by atoms with Crippen molar-refractivity contribution >= 4 is 16.4 Å². The van der Waals surface area contributed by atoms with Gasteiger partial charge in [0.15, 0.2) is 0 Å². The highest BCUT2D eigenvalue weighted by Gasteiger charge is 2.08. The van der Waals surface area contributed by atoms with E-state index < -0.39 is 16.4 Å². The van der Waals surface area contributed by atoms with Crippen molar-refractivity contribution in [3.63, 3.8) is 0 Å². The summed E-state index contributed by atoms with van der Waals surface area (Å²) in [4.78, 5) is 14.1. The largest absolute Gasteiger partial charge is 0.481 e. The highest BCUT2D eigenvalue weighted by molar-refractivity contribution is 7.79. The molecule has 16 heavy (non-hydrogen) atoms. The number of carbonyl (C=O) groups is 1. The lowest BCUT2D eigenvalue weighted by Gasteiger charge is -2.16. The first-order valence-electron chi connectivity index (χ1n) is 4.23. The van der Waals surface area contributed by atoms with E-state index in [0.29, 0.717) is 6.54 Å². The molecule has 9 heteroatoms. The molecule has 0 aliphatic carbocycles. The number of carboxylic acids is 1. The van der Waals surface area contributed by atoms with Crippen molar-refractivity contribution in [1.29, 1.82) is 0 Å². The molecule has 8 nitrogen and oxygen atoms in total. The van der Waals surface area contributed by atoms with Crippen LogP contribution >= 0.6 is 0 Å². The predicted octanol–water partition coefficient (Wildman–Crippen LogP) is -0.516. The van der Waals surface area contributed by atoms with Gasteiger partial charge in [0.1, 0.15) is 0 Å². The fourth-order valence-corrected chi connectivity index (χ4v) is 0.973. The number of nitrogens with zero attached hydrogens (tertiary/aromatic N) is 2. The summed E-state index contributed by atoms with van der Waals surface area (Å²) in [6, 6.07) is 0. The molecule has 0 saturated carbocycles. The Labute approximate surface area is 93.3 Å². The number of hydrogen-bond donors (Lipinski definition) is 3. The van der Waals surface area contributed by atoms with Crippen LogP contribution in [0.25, 0.3) is 0 Å². The van der Waals surface area contributed by atoms with Crippen molar-refractivity contribution < 1.29 is 27.4 Å². The monoisotopic (exact) mass is 254 g/mol. The molecule has 3 N–H and O–H groups in total. The number of carboxylic acid groups (broad SMARTS) is 1. The molecule has 0 aromatic carbocycles. The van der Waals surface area contributed by atoms with Crippen molar-refractivity contribution in [3.05, 3.63) is 12.4 Å². The van der Waals surface area contributed by atoms with Gasteiger partial charge in [-0.3, -0.25) is 13.9 Å². The second kappa shape index (κ2) is 6.30. The van der Waals surface area contributed by atoms with Crippen LogP contribution in [0.15, 0.2) is 12.4 Å². The minimum Gasteiger partial charge on any atom is -0.481 e. The first kappa shape index (κ1) is 14.7. The minimum absolute atomic E-state index is 0.207. The molecule has 0 radical (unpaired) electrons. The Bertz CT molecular complexity index is 344. The van der Waals surface area contributed by atoms with E-state index >= 15 is 0 Å². The maximum atomic E-state index is 10.2. The third-order valence-corrected chi connectivity index (χ3v) is 1.55. The Morgan fingerprint density at radius 3 is 2.19 bits per heavy atom. The smallest absolute Gasteiger partial charge is 0.394 e. The zero-order chi connectivity index (χ0) is 12.8. The fourth-order valence-electron chi connectivity index (χ4n) is 0.973. The van der Waals surface area contributed by atoms with Crippen molar-refractivity contribution in [2.45, 2.75) is 6.42 Å². The molecule has 94 valence electrons. The Morgan fingerprint density at radius 2 is 1.88 bits per heavy atom. The second-order valence-corrected chi connectivity index (χ2v) is 4.00. The van der Waals surface area contributed by atoms with Crippen LogP contribution in [-0.4, -0.2) is 58.7 Å². The van der Waals surface area contributed by atoms with Crippen LogP contribution in [0.4, 0.5) is 0 Å². The van der Waals surface area contributed by atoms with Crippen LogP contribution in [0.3, 0.4) is 0 Å². The normalized spacial score (nSPS) is 14.7. The van der Waals surface area contributed by atoms with E-state index in [1.807, 2.05) is 29.2 Å². The molecule has 0 fully saturated rings. The van der Waals surface area contributed by atoms with Gasteiger partial charge in [0, 0.05) is 26.0 Å². The lowest BCUT2D eigenvalue weighted by atomic mass is 10.4. The summed E-state index contributed by atoms with van der Waals surface area (Å²) < 4.78 is 31.6. The van der Waals surface area contributed by atoms with Crippen LogP contribution in [0.5, 0.6) is 0 Å². The van der Waals surface area contributed by atoms with Gasteiger partial charge >= 0.3 is 16.4 Å². The number of hydrogen-bond acceptors (Lipinski definition) is 5. The molecule has 0 aromatic rings. The van der Waals surface area contributed by atoms with E-state index in [9.17, 15) is 4.79 Å². The van der Waals surface area contributed by atoms with Gasteiger partial charge in [0.05, 0.1) is 13.1 Å². The van der Waals surface area contributed by atoms with Crippen LogP contribution in [0.2, 0.25) is 0 Å². The van der Waals surface area contributed by atoms with Gasteiger partial charge in [0.2, 0.25) is 0 Å². The first-order chi connectivity index (χ1) is 7.18. The highest BCUT2D eigenvalue weighted by atomic mass is 32.3. The quantitative estimate of drug-likeness (QED) is 0.576. The zero-order valence-electron chi connectivity index (χ0n) is 8.65. The number of aliphatic carboxylic acids is 1. The summed E-state index contributed by atoms with van der Waals surface area (Å²) in [6.45, 7) is 1.39. The van der Waals surface area contributed by atoms with Crippen molar-refractivity contribution in [3.8, 4) is 0 Å². The molecule has 1 heterocycles. The molecule has 0 bridgehead atoms. The third-order valence-electron chi connectivity index (χ3n) is 1.55. The standard InChI is InChI=1S/C7H12N2O2.H2O4S/c1-8-4-5-9(6-8)3-2-7(10)11;1-5(2,3)4/h4-5H,2-3,6H2,1H3,(H,10,11);(H2,1,2,3,4). The summed E-state index contributed by atoms with van der Waals surface area (Å²) in [6.07, 6.45) is 4.04. The zero-order valence-corrected chi connectivity index (χ0v) is 9.46. The summed E-state index contributed by atoms with van der Waals surface area (Å²) >= 11 is 0. The fraction of sp³-hybridized carbons (Fsp3) is 0.571. The van der Waals surface area contributed by atoms with E-state index in [2.05, 4.69) is 0 Å². The average molecular weight is 254 g/mol. The molecule has 1 aliphatic heterocycles. The molecule has 0 spiro atoms. The van der Waals surface area contributed by atoms with Gasteiger partial charge in [0.25, 0.3) is 0 Å². The van der Waals surface area contributed by atoms with Gasteiger partial charge in [-0.05, 0) is 0 Å². The van der Waals surface area contributed by atoms with Crippen molar-refractivity contribution in [2.24, 2.45) is 0 Å². The minimum atomic E-state index is -4.67. The molecule has 0 atom stereocenters. The maximum Gasteiger partial charge on any atom is 0.394 e. The Kier molecular flexibility index (Phi) is 5.78. The predicted molar refractivity (Wildman–Crippen MR) is 54.9 cm³/mol. The summed E-state index contributed by atoms with van der Waals surface area (Å²) in [5.41, 5.74) is 0. The lowest BCUT2D eigenvalue weighted by Crippen LogP contribution is -2.24. The number of rotatable bonds is 3. The van der Waals surface area contributed by atoms with E-state index in [0.717, 1.165) is 6.67 Å². The topological polar surface area (TPSA) is 118 Å². The van der Waals surface area contributed by atoms with Gasteiger partial charge in [-0.1, -0.05) is 0 Å². The van der Waals surface area contributed by atoms with E-state index in [1.54, 1.807) is 0 Å². The van der Waals surface area contributed by atoms with Crippen molar-refractivity contribution in [1.82, 2.24) is 9.80 Å². The Morgan fingerprint density at radius 1 is 1.38 bits per heavy atom. The molecule has 1 rings (SSSR count). The maximum absolute atomic E-state index is 10.2. The molecule has 0 amide bonds. The second-order valence-electron chi connectivity index (χ2n) is 3.10. The van der Waals surface area contributed by atoms with Gasteiger partial charge < -0.3 is 14.9 Å². The molecule has 1 aliphatic rings.